The van der Waals surface area contributed by atoms with Crippen molar-refractivity contribution < 1.29 is 17.9 Å². The molecule has 23 heavy (non-hydrogen) atoms. The van der Waals surface area contributed by atoms with Crippen LogP contribution < -0.4 is 0 Å². The molecule has 1 aliphatic carbocycles. The van der Waals surface area contributed by atoms with E-state index in [1.807, 2.05) is 30.3 Å². The molecule has 1 heterocycles. The van der Waals surface area contributed by atoms with Crippen LogP contribution in [0, 0.1) is 0 Å². The second kappa shape index (κ2) is 7.30. The van der Waals surface area contributed by atoms with Crippen molar-refractivity contribution in [1.29, 1.82) is 0 Å². The highest BCUT2D eigenvalue weighted by Crippen LogP contribution is 2.36. The van der Waals surface area contributed by atoms with Crippen LogP contribution in [0.1, 0.15) is 24.8 Å². The van der Waals surface area contributed by atoms with Gasteiger partial charge in [0, 0.05) is 13.7 Å². The second-order valence-corrected chi connectivity index (χ2v) is 8.47. The van der Waals surface area contributed by atoms with Crippen LogP contribution in [0.15, 0.2) is 30.3 Å². The summed E-state index contributed by atoms with van der Waals surface area (Å²) < 4.78 is 38.1. The number of ether oxygens (including phenoxy) is 2. The Morgan fingerprint density at radius 1 is 1.13 bits per heavy atom. The van der Waals surface area contributed by atoms with E-state index in [9.17, 15) is 8.42 Å². The first-order valence-electron chi connectivity index (χ1n) is 8.28. The minimum absolute atomic E-state index is 0.0566. The summed E-state index contributed by atoms with van der Waals surface area (Å²) in [5, 5.41) is -0.168. The summed E-state index contributed by atoms with van der Waals surface area (Å²) in [4.78, 5) is 0. The van der Waals surface area contributed by atoms with Crippen molar-refractivity contribution in [2.24, 2.45) is 0 Å². The van der Waals surface area contributed by atoms with E-state index in [2.05, 4.69) is 0 Å². The molecule has 2 fully saturated rings. The Labute approximate surface area is 138 Å². The summed E-state index contributed by atoms with van der Waals surface area (Å²) in [6, 6.07) is 9.94. The number of hydrogen-bond donors (Lipinski definition) is 0. The average molecular weight is 339 g/mol. The third-order valence-corrected chi connectivity index (χ3v) is 7.03. The van der Waals surface area contributed by atoms with Crippen molar-refractivity contribution in [1.82, 2.24) is 4.31 Å². The van der Waals surface area contributed by atoms with Gasteiger partial charge in [0.25, 0.3) is 0 Å². The molecule has 0 N–H and O–H groups in total. The van der Waals surface area contributed by atoms with E-state index in [-0.39, 0.29) is 17.4 Å². The topological polar surface area (TPSA) is 55.8 Å². The Hall–Kier alpha value is -0.950. The van der Waals surface area contributed by atoms with E-state index in [0.29, 0.717) is 26.2 Å². The van der Waals surface area contributed by atoms with E-state index in [0.717, 1.165) is 24.8 Å². The first-order chi connectivity index (χ1) is 11.1. The minimum atomic E-state index is -3.18. The lowest BCUT2D eigenvalue weighted by Gasteiger charge is -2.28. The lowest BCUT2D eigenvalue weighted by Crippen LogP contribution is -2.43. The average Bonchev–Trinajstić information content (AvgIpc) is 3.33. The molecule has 0 unspecified atom stereocenters. The van der Waals surface area contributed by atoms with Gasteiger partial charge in [-0.15, -0.1) is 0 Å². The van der Waals surface area contributed by atoms with Gasteiger partial charge in [0.2, 0.25) is 10.0 Å². The molecule has 0 bridgehead atoms. The van der Waals surface area contributed by atoms with Crippen LogP contribution in [-0.4, -0.2) is 57.0 Å². The van der Waals surface area contributed by atoms with Crippen molar-refractivity contribution >= 4 is 10.0 Å². The van der Waals surface area contributed by atoms with Crippen LogP contribution in [-0.2, 0) is 25.9 Å². The summed E-state index contributed by atoms with van der Waals surface area (Å²) in [7, 11) is -1.53. The number of benzene rings is 1. The minimum Gasteiger partial charge on any atom is -0.382 e. The quantitative estimate of drug-likeness (QED) is 0.678. The first-order valence-corrected chi connectivity index (χ1v) is 9.78. The molecule has 128 valence electrons. The summed E-state index contributed by atoms with van der Waals surface area (Å²) >= 11 is 0. The molecule has 0 amide bonds. The molecule has 5 nitrogen and oxygen atoms in total. The normalized spacial score (nSPS) is 25.8. The fourth-order valence-electron chi connectivity index (χ4n) is 3.24. The van der Waals surface area contributed by atoms with Crippen LogP contribution in [0.5, 0.6) is 0 Å². The molecule has 0 aromatic heterocycles. The van der Waals surface area contributed by atoms with Crippen molar-refractivity contribution in [3.05, 3.63) is 35.9 Å². The molecule has 1 saturated carbocycles. The third kappa shape index (κ3) is 3.94. The Morgan fingerprint density at radius 2 is 1.87 bits per heavy atom. The molecule has 1 aromatic carbocycles. The molecule has 0 spiro atoms. The highest BCUT2D eigenvalue weighted by Gasteiger charge is 2.47. The van der Waals surface area contributed by atoms with Gasteiger partial charge in [-0.1, -0.05) is 30.3 Å². The molecule has 1 saturated heterocycles. The number of hydrogen-bond acceptors (Lipinski definition) is 4. The maximum Gasteiger partial charge on any atom is 0.217 e. The predicted octanol–water partition coefficient (Wildman–Crippen LogP) is 1.83. The summed E-state index contributed by atoms with van der Waals surface area (Å²) in [6.07, 6.45) is 2.99. The van der Waals surface area contributed by atoms with Crippen molar-refractivity contribution in [2.75, 3.05) is 26.9 Å². The molecule has 6 heteroatoms. The summed E-state index contributed by atoms with van der Waals surface area (Å²) in [5.74, 6) is 0. The maximum atomic E-state index is 12.7. The van der Waals surface area contributed by atoms with Crippen LogP contribution in [0.2, 0.25) is 0 Å². The van der Waals surface area contributed by atoms with E-state index in [1.54, 1.807) is 11.4 Å². The number of sulfonamides is 1. The molecule has 0 radical (unpaired) electrons. The molecule has 3 rings (SSSR count). The fraction of sp³-hybridized carbons (Fsp3) is 0.647. The Morgan fingerprint density at radius 3 is 2.52 bits per heavy atom. The molecule has 2 atom stereocenters. The van der Waals surface area contributed by atoms with E-state index >= 15 is 0 Å². The van der Waals surface area contributed by atoms with Gasteiger partial charge in [-0.3, -0.25) is 0 Å². The van der Waals surface area contributed by atoms with Gasteiger partial charge in [-0.25, -0.2) is 8.42 Å². The van der Waals surface area contributed by atoms with Crippen molar-refractivity contribution in [2.45, 2.75) is 43.1 Å². The lowest BCUT2D eigenvalue weighted by atomic mass is 10.0. The second-order valence-electron chi connectivity index (χ2n) is 6.30. The van der Waals surface area contributed by atoms with Crippen LogP contribution in [0.25, 0.3) is 0 Å². The Balaban J connectivity index is 1.75. The zero-order valence-corrected chi connectivity index (χ0v) is 14.4. The SMILES string of the molecule is COCCO[C@H]1CCN(S(=O)(=O)C2CC2)[C@H]1Cc1ccccc1. The standard InChI is InChI=1S/C17H25NO4S/c1-21-11-12-22-17-9-10-18(23(19,20)15-7-8-15)16(17)13-14-5-3-2-4-6-14/h2-6,15-17H,7-13H2,1H3/t16-,17-/m0/s1. The van der Waals surface area contributed by atoms with Crippen LogP contribution in [0.3, 0.4) is 0 Å². The third-order valence-electron chi connectivity index (χ3n) is 4.61. The Bertz CT molecular complexity index is 600. The smallest absolute Gasteiger partial charge is 0.217 e. The largest absolute Gasteiger partial charge is 0.382 e. The van der Waals surface area contributed by atoms with E-state index < -0.39 is 10.0 Å². The zero-order valence-electron chi connectivity index (χ0n) is 13.6. The van der Waals surface area contributed by atoms with Gasteiger partial charge in [0.05, 0.1) is 30.6 Å². The number of nitrogens with zero attached hydrogens (tertiary/aromatic N) is 1. The van der Waals surface area contributed by atoms with Gasteiger partial charge in [-0.05, 0) is 31.2 Å². The van der Waals surface area contributed by atoms with E-state index in [4.69, 9.17) is 9.47 Å². The van der Waals surface area contributed by atoms with Crippen LogP contribution >= 0.6 is 0 Å². The molecule has 2 aliphatic rings. The number of rotatable bonds is 8. The monoisotopic (exact) mass is 339 g/mol. The van der Waals surface area contributed by atoms with E-state index in [1.165, 1.54) is 0 Å². The van der Waals surface area contributed by atoms with Gasteiger partial charge >= 0.3 is 0 Å². The molecule has 1 aromatic rings. The van der Waals surface area contributed by atoms with Gasteiger partial charge in [-0.2, -0.15) is 4.31 Å². The highest BCUT2D eigenvalue weighted by atomic mass is 32.2. The Kier molecular flexibility index (Phi) is 5.36. The summed E-state index contributed by atoms with van der Waals surface area (Å²) in [6.45, 7) is 1.60. The van der Waals surface area contributed by atoms with Crippen molar-refractivity contribution in [3.8, 4) is 0 Å². The van der Waals surface area contributed by atoms with Crippen molar-refractivity contribution in [3.63, 3.8) is 0 Å². The highest BCUT2D eigenvalue weighted by molar-refractivity contribution is 7.90. The van der Waals surface area contributed by atoms with Gasteiger partial charge in [0.1, 0.15) is 0 Å². The molecule has 1 aliphatic heterocycles. The molecular weight excluding hydrogens is 314 g/mol. The van der Waals surface area contributed by atoms with Gasteiger partial charge < -0.3 is 9.47 Å². The van der Waals surface area contributed by atoms with Gasteiger partial charge in [0.15, 0.2) is 0 Å². The maximum absolute atomic E-state index is 12.7. The number of methoxy groups -OCH3 is 1. The fourth-order valence-corrected chi connectivity index (χ4v) is 5.30. The lowest BCUT2D eigenvalue weighted by molar-refractivity contribution is 0.00636. The molecular formula is C17H25NO4S. The predicted molar refractivity (Wildman–Crippen MR) is 88.8 cm³/mol. The summed E-state index contributed by atoms with van der Waals surface area (Å²) in [5.41, 5.74) is 1.15. The van der Waals surface area contributed by atoms with Crippen LogP contribution in [0.4, 0.5) is 0 Å². The zero-order chi connectivity index (χ0) is 16.3. The first kappa shape index (κ1) is 16.9.